The maximum atomic E-state index is 6.08. The molecule has 0 aliphatic heterocycles. The van der Waals surface area contributed by atoms with Gasteiger partial charge in [-0.3, -0.25) is 4.57 Å². The molecule has 7 nitrogen and oxygen atoms in total. The number of aromatic nitrogens is 5. The first-order valence-corrected chi connectivity index (χ1v) is 14.9. The fourth-order valence-corrected chi connectivity index (χ4v) is 5.74. The fourth-order valence-electron chi connectivity index (χ4n) is 5.74. The largest absolute Gasteiger partial charge is 0.497 e. The Morgan fingerprint density at radius 1 is 0.587 bits per heavy atom. The Morgan fingerprint density at radius 3 is 2.00 bits per heavy atom. The minimum atomic E-state index is 0.418. The number of para-hydroxylation sites is 2. The maximum Gasteiger partial charge on any atom is 0.237 e. The Bertz CT molecular complexity index is 2280. The lowest BCUT2D eigenvalue weighted by Crippen LogP contribution is -2.05. The molecular formula is C39H27N5O2. The van der Waals surface area contributed by atoms with Crippen molar-refractivity contribution in [2.24, 2.45) is 0 Å². The van der Waals surface area contributed by atoms with Gasteiger partial charge in [0.25, 0.3) is 0 Å². The molecule has 3 heterocycles. The molecule has 3 aromatic heterocycles. The summed E-state index contributed by atoms with van der Waals surface area (Å²) in [6.45, 7) is 0. The molecule has 0 aliphatic carbocycles. The van der Waals surface area contributed by atoms with Crippen molar-refractivity contribution in [2.45, 2.75) is 0 Å². The van der Waals surface area contributed by atoms with E-state index in [0.717, 1.165) is 50.1 Å². The molecule has 0 saturated heterocycles. The number of hydrogen-bond donors (Lipinski definition) is 0. The molecule has 0 radical (unpaired) electrons. The molecule has 0 fully saturated rings. The molecule has 0 bridgehead atoms. The summed E-state index contributed by atoms with van der Waals surface area (Å²) >= 11 is 0. The van der Waals surface area contributed by atoms with Gasteiger partial charge in [0.15, 0.2) is 5.65 Å². The number of nitrogens with zero attached hydrogens (tertiary/aromatic N) is 5. The predicted molar refractivity (Wildman–Crippen MR) is 181 cm³/mol. The van der Waals surface area contributed by atoms with Crippen LogP contribution in [0, 0.1) is 0 Å². The second-order valence-corrected chi connectivity index (χ2v) is 10.7. The Morgan fingerprint density at radius 2 is 1.26 bits per heavy atom. The Labute approximate surface area is 265 Å². The summed E-state index contributed by atoms with van der Waals surface area (Å²) in [4.78, 5) is 19.8. The summed E-state index contributed by atoms with van der Waals surface area (Å²) in [6.07, 6.45) is 1.79. The highest BCUT2D eigenvalue weighted by atomic mass is 16.5. The highest BCUT2D eigenvalue weighted by Crippen LogP contribution is 2.41. The van der Waals surface area contributed by atoms with Gasteiger partial charge in [0, 0.05) is 29.3 Å². The van der Waals surface area contributed by atoms with E-state index in [4.69, 9.17) is 29.4 Å². The van der Waals surface area contributed by atoms with Crippen molar-refractivity contribution < 1.29 is 9.47 Å². The van der Waals surface area contributed by atoms with Gasteiger partial charge in [0.1, 0.15) is 17.3 Å². The Balaban J connectivity index is 1.34. The first-order chi connectivity index (χ1) is 22.7. The van der Waals surface area contributed by atoms with E-state index in [-0.39, 0.29) is 0 Å². The number of methoxy groups -OCH3 is 1. The van der Waals surface area contributed by atoms with E-state index in [1.165, 1.54) is 0 Å². The quantitative estimate of drug-likeness (QED) is 0.182. The van der Waals surface area contributed by atoms with E-state index in [2.05, 4.69) is 66.7 Å². The van der Waals surface area contributed by atoms with E-state index >= 15 is 0 Å². The van der Waals surface area contributed by atoms with Crippen molar-refractivity contribution in [3.05, 3.63) is 146 Å². The van der Waals surface area contributed by atoms with Gasteiger partial charge in [-0.25, -0.2) is 9.97 Å². The molecule has 46 heavy (non-hydrogen) atoms. The zero-order chi connectivity index (χ0) is 30.9. The second kappa shape index (κ2) is 11.6. The summed E-state index contributed by atoms with van der Waals surface area (Å²) in [5.74, 6) is 2.94. The van der Waals surface area contributed by atoms with Crippen molar-refractivity contribution in [1.29, 1.82) is 0 Å². The molecule has 8 aromatic rings. The van der Waals surface area contributed by atoms with E-state index in [1.54, 1.807) is 13.3 Å². The van der Waals surface area contributed by atoms with E-state index in [9.17, 15) is 0 Å². The predicted octanol–water partition coefficient (Wildman–Crippen LogP) is 9.17. The normalized spacial score (nSPS) is 11.2. The fraction of sp³-hybridized carbons (Fsp3) is 0.0256. The average molecular weight is 598 g/mol. The molecule has 220 valence electrons. The van der Waals surface area contributed by atoms with Crippen LogP contribution in [0.4, 0.5) is 0 Å². The summed E-state index contributed by atoms with van der Waals surface area (Å²) < 4.78 is 13.5. The van der Waals surface area contributed by atoms with Crippen molar-refractivity contribution in [3.63, 3.8) is 0 Å². The summed E-state index contributed by atoms with van der Waals surface area (Å²) in [7, 11) is 1.63. The van der Waals surface area contributed by atoms with Crippen molar-refractivity contribution in [1.82, 2.24) is 24.5 Å². The third-order valence-electron chi connectivity index (χ3n) is 7.89. The molecule has 0 aliphatic rings. The van der Waals surface area contributed by atoms with Gasteiger partial charge in [-0.05, 0) is 52.6 Å². The average Bonchev–Trinajstić information content (AvgIpc) is 3.51. The van der Waals surface area contributed by atoms with Crippen LogP contribution < -0.4 is 9.47 Å². The van der Waals surface area contributed by atoms with Gasteiger partial charge in [-0.1, -0.05) is 97.1 Å². The van der Waals surface area contributed by atoms with E-state index in [1.807, 2.05) is 77.4 Å². The molecule has 0 N–H and O–H groups in total. The zero-order valence-corrected chi connectivity index (χ0v) is 24.9. The number of ether oxygens (including phenoxy) is 2. The van der Waals surface area contributed by atoms with Crippen LogP contribution >= 0.6 is 0 Å². The van der Waals surface area contributed by atoms with Gasteiger partial charge in [0.2, 0.25) is 11.8 Å². The lowest BCUT2D eigenvalue weighted by molar-refractivity contribution is 0.407. The van der Waals surface area contributed by atoms with Crippen molar-refractivity contribution in [2.75, 3.05) is 7.11 Å². The van der Waals surface area contributed by atoms with E-state index < -0.39 is 0 Å². The molecule has 0 unspecified atom stereocenters. The first kappa shape index (κ1) is 27.2. The first-order valence-electron chi connectivity index (χ1n) is 14.9. The van der Waals surface area contributed by atoms with Crippen LogP contribution in [0.5, 0.6) is 17.4 Å². The van der Waals surface area contributed by atoms with Gasteiger partial charge < -0.3 is 9.47 Å². The van der Waals surface area contributed by atoms with Crippen LogP contribution in [0.25, 0.3) is 61.7 Å². The van der Waals surface area contributed by atoms with E-state index in [0.29, 0.717) is 29.0 Å². The monoisotopic (exact) mass is 597 g/mol. The van der Waals surface area contributed by atoms with Crippen LogP contribution in [0.15, 0.2) is 146 Å². The number of pyridine rings is 1. The highest BCUT2D eigenvalue weighted by Gasteiger charge is 2.23. The van der Waals surface area contributed by atoms with Gasteiger partial charge in [-0.15, -0.1) is 0 Å². The smallest absolute Gasteiger partial charge is 0.237 e. The van der Waals surface area contributed by atoms with Crippen LogP contribution in [0.1, 0.15) is 0 Å². The number of fused-ring (bicyclic) bond motifs is 2. The van der Waals surface area contributed by atoms with Crippen LogP contribution in [-0.4, -0.2) is 31.6 Å². The van der Waals surface area contributed by atoms with Crippen LogP contribution in [0.2, 0.25) is 0 Å². The number of benzene rings is 5. The van der Waals surface area contributed by atoms with Gasteiger partial charge >= 0.3 is 0 Å². The zero-order valence-electron chi connectivity index (χ0n) is 24.9. The maximum absolute atomic E-state index is 6.08. The summed E-state index contributed by atoms with van der Waals surface area (Å²) in [6, 6.07) is 46.4. The minimum Gasteiger partial charge on any atom is -0.497 e. The Kier molecular flexibility index (Phi) is 6.88. The molecule has 5 aromatic carbocycles. The van der Waals surface area contributed by atoms with Gasteiger partial charge in [-0.2, -0.15) is 9.97 Å². The standard InChI is InChI=1S/C39H27N5O2/c1-45-29-16-10-17-30(24-29)46-35-23-22-28-25-40-39(43-37(28)42-35)44-34-21-9-8-20-33(34)41-38(44)36-31(26-12-4-2-5-13-26)18-11-19-32(36)27-14-6-3-7-15-27/h2-25H,1H3. The number of imidazole rings is 1. The van der Waals surface area contributed by atoms with Crippen molar-refractivity contribution in [3.8, 4) is 57.0 Å². The molecule has 8 rings (SSSR count). The molecule has 0 spiro atoms. The molecule has 0 saturated carbocycles. The van der Waals surface area contributed by atoms with Crippen LogP contribution in [0.3, 0.4) is 0 Å². The summed E-state index contributed by atoms with van der Waals surface area (Å²) in [5, 5.41) is 0.794. The Hall–Kier alpha value is -6.34. The number of rotatable bonds is 7. The lowest BCUT2D eigenvalue weighted by Gasteiger charge is -2.17. The molecule has 7 heteroatoms. The number of hydrogen-bond acceptors (Lipinski definition) is 6. The summed E-state index contributed by atoms with van der Waals surface area (Å²) in [5.41, 5.74) is 7.53. The third-order valence-corrected chi connectivity index (χ3v) is 7.89. The molecule has 0 amide bonds. The second-order valence-electron chi connectivity index (χ2n) is 10.7. The third kappa shape index (κ3) is 5.00. The SMILES string of the molecule is COc1cccc(Oc2ccc3cnc(-n4c(-c5c(-c6ccccc6)cccc5-c5ccccc5)nc5ccccc54)nc3n2)c1. The van der Waals surface area contributed by atoms with Gasteiger partial charge in [0.05, 0.1) is 18.1 Å². The topological polar surface area (TPSA) is 75.0 Å². The minimum absolute atomic E-state index is 0.418. The molecule has 0 atom stereocenters. The highest BCUT2D eigenvalue weighted by molar-refractivity contribution is 5.96. The van der Waals surface area contributed by atoms with Crippen molar-refractivity contribution >= 4 is 22.1 Å². The molecular weight excluding hydrogens is 570 g/mol. The van der Waals surface area contributed by atoms with Crippen LogP contribution in [-0.2, 0) is 0 Å². The lowest BCUT2D eigenvalue weighted by atomic mass is 9.91.